The van der Waals surface area contributed by atoms with Crippen LogP contribution in [0.1, 0.15) is 53.9 Å². The highest BCUT2D eigenvalue weighted by molar-refractivity contribution is 4.79. The van der Waals surface area contributed by atoms with Crippen LogP contribution in [-0.2, 0) is 9.47 Å². The summed E-state index contributed by atoms with van der Waals surface area (Å²) in [5.74, 6) is 2.02. The van der Waals surface area contributed by atoms with E-state index in [2.05, 4.69) is 34.6 Å². The van der Waals surface area contributed by atoms with Crippen LogP contribution >= 0.6 is 0 Å². The van der Waals surface area contributed by atoms with Crippen molar-refractivity contribution >= 4 is 0 Å². The topological polar surface area (TPSA) is 18.5 Å². The molecule has 4 atom stereocenters. The van der Waals surface area contributed by atoms with E-state index in [-0.39, 0.29) is 6.29 Å². The first-order valence-corrected chi connectivity index (χ1v) is 6.85. The van der Waals surface area contributed by atoms with Gasteiger partial charge in [-0.05, 0) is 24.2 Å². The van der Waals surface area contributed by atoms with E-state index in [4.69, 9.17) is 9.47 Å². The number of hydrogen-bond acceptors (Lipinski definition) is 2. The molecule has 0 spiro atoms. The number of rotatable bonds is 5. The zero-order valence-electron chi connectivity index (χ0n) is 11.5. The molecule has 0 aromatic heterocycles. The quantitative estimate of drug-likeness (QED) is 0.711. The minimum absolute atomic E-state index is 0.0356. The molecule has 2 nitrogen and oxygen atoms in total. The SMILES string of the molecule is CCC1CC(OCC(C)C)OC(CC)C1C. The van der Waals surface area contributed by atoms with Gasteiger partial charge in [0.2, 0.25) is 0 Å². The second-order valence-electron chi connectivity index (χ2n) is 5.50. The Morgan fingerprint density at radius 1 is 1.25 bits per heavy atom. The average Bonchev–Trinajstić information content (AvgIpc) is 2.27. The maximum Gasteiger partial charge on any atom is 0.158 e. The van der Waals surface area contributed by atoms with Gasteiger partial charge in [0, 0.05) is 6.42 Å². The van der Waals surface area contributed by atoms with Crippen molar-refractivity contribution in [2.45, 2.75) is 66.3 Å². The highest BCUT2D eigenvalue weighted by Gasteiger charge is 2.34. The molecule has 2 heteroatoms. The summed E-state index contributed by atoms with van der Waals surface area (Å²) in [5, 5.41) is 0. The zero-order valence-corrected chi connectivity index (χ0v) is 11.5. The fraction of sp³-hybridized carbons (Fsp3) is 1.00. The molecule has 0 amide bonds. The lowest BCUT2D eigenvalue weighted by Gasteiger charge is -2.40. The summed E-state index contributed by atoms with van der Waals surface area (Å²) >= 11 is 0. The molecular formula is C14H28O2. The maximum absolute atomic E-state index is 6.01. The largest absolute Gasteiger partial charge is 0.352 e. The van der Waals surface area contributed by atoms with E-state index < -0.39 is 0 Å². The van der Waals surface area contributed by atoms with Crippen molar-refractivity contribution in [2.24, 2.45) is 17.8 Å². The van der Waals surface area contributed by atoms with E-state index in [1.54, 1.807) is 0 Å². The van der Waals surface area contributed by atoms with Gasteiger partial charge in [-0.2, -0.15) is 0 Å². The molecule has 0 saturated carbocycles. The molecule has 0 aliphatic carbocycles. The molecule has 0 radical (unpaired) electrons. The van der Waals surface area contributed by atoms with Gasteiger partial charge in [0.05, 0.1) is 12.7 Å². The van der Waals surface area contributed by atoms with Gasteiger partial charge in [0.1, 0.15) is 0 Å². The lowest BCUT2D eigenvalue weighted by molar-refractivity contribution is -0.226. The summed E-state index contributed by atoms with van der Waals surface area (Å²) in [6.07, 6.45) is 3.83. The van der Waals surface area contributed by atoms with Crippen molar-refractivity contribution in [3.63, 3.8) is 0 Å². The Morgan fingerprint density at radius 3 is 2.44 bits per heavy atom. The van der Waals surface area contributed by atoms with Crippen LogP contribution in [0.2, 0.25) is 0 Å². The first-order valence-electron chi connectivity index (χ1n) is 6.85. The highest BCUT2D eigenvalue weighted by Crippen LogP contribution is 2.34. The van der Waals surface area contributed by atoms with Crippen LogP contribution in [0.15, 0.2) is 0 Å². The third-order valence-corrected chi connectivity index (χ3v) is 3.69. The number of hydrogen-bond donors (Lipinski definition) is 0. The molecule has 0 bridgehead atoms. The summed E-state index contributed by atoms with van der Waals surface area (Å²) in [6.45, 7) is 12.0. The fourth-order valence-electron chi connectivity index (χ4n) is 2.55. The Kier molecular flexibility index (Phi) is 5.77. The Hall–Kier alpha value is -0.0800. The first-order chi connectivity index (χ1) is 7.58. The Morgan fingerprint density at radius 2 is 1.94 bits per heavy atom. The van der Waals surface area contributed by atoms with E-state index in [0.29, 0.717) is 17.9 Å². The van der Waals surface area contributed by atoms with E-state index in [1.807, 2.05) is 0 Å². The number of ether oxygens (including phenoxy) is 2. The monoisotopic (exact) mass is 228 g/mol. The molecule has 1 fully saturated rings. The molecule has 0 N–H and O–H groups in total. The maximum atomic E-state index is 6.01. The molecule has 1 aliphatic rings. The van der Waals surface area contributed by atoms with Gasteiger partial charge < -0.3 is 9.47 Å². The van der Waals surface area contributed by atoms with Crippen molar-refractivity contribution < 1.29 is 9.47 Å². The smallest absolute Gasteiger partial charge is 0.158 e. The summed E-state index contributed by atoms with van der Waals surface area (Å²) in [6, 6.07) is 0. The third kappa shape index (κ3) is 3.74. The highest BCUT2D eigenvalue weighted by atomic mass is 16.7. The summed E-state index contributed by atoms with van der Waals surface area (Å²) in [5.41, 5.74) is 0. The van der Waals surface area contributed by atoms with Crippen LogP contribution in [0, 0.1) is 17.8 Å². The van der Waals surface area contributed by atoms with Crippen molar-refractivity contribution in [3.8, 4) is 0 Å². The van der Waals surface area contributed by atoms with E-state index in [9.17, 15) is 0 Å². The zero-order chi connectivity index (χ0) is 12.1. The van der Waals surface area contributed by atoms with Gasteiger partial charge in [-0.1, -0.05) is 41.0 Å². The molecule has 96 valence electrons. The Labute approximate surface area is 101 Å². The van der Waals surface area contributed by atoms with Gasteiger partial charge in [0.15, 0.2) is 6.29 Å². The lowest BCUT2D eigenvalue weighted by atomic mass is 9.81. The molecular weight excluding hydrogens is 200 g/mol. The summed E-state index contributed by atoms with van der Waals surface area (Å²) in [4.78, 5) is 0. The van der Waals surface area contributed by atoms with Crippen molar-refractivity contribution in [2.75, 3.05) is 6.61 Å². The van der Waals surface area contributed by atoms with Crippen molar-refractivity contribution in [1.82, 2.24) is 0 Å². The summed E-state index contributed by atoms with van der Waals surface area (Å²) < 4.78 is 11.8. The minimum atomic E-state index is 0.0356. The van der Waals surface area contributed by atoms with Gasteiger partial charge in [-0.15, -0.1) is 0 Å². The van der Waals surface area contributed by atoms with Crippen molar-refractivity contribution in [3.05, 3.63) is 0 Å². The second kappa shape index (κ2) is 6.61. The van der Waals surface area contributed by atoms with E-state index in [1.165, 1.54) is 6.42 Å². The van der Waals surface area contributed by atoms with Crippen LogP contribution < -0.4 is 0 Å². The van der Waals surface area contributed by atoms with Gasteiger partial charge in [-0.3, -0.25) is 0 Å². The molecule has 0 aromatic rings. The molecule has 1 saturated heterocycles. The van der Waals surface area contributed by atoms with Gasteiger partial charge in [0.25, 0.3) is 0 Å². The van der Waals surface area contributed by atoms with Crippen molar-refractivity contribution in [1.29, 1.82) is 0 Å². The van der Waals surface area contributed by atoms with Crippen LogP contribution in [0.5, 0.6) is 0 Å². The van der Waals surface area contributed by atoms with Crippen LogP contribution in [0.25, 0.3) is 0 Å². The molecule has 1 aliphatic heterocycles. The predicted molar refractivity (Wildman–Crippen MR) is 67.3 cm³/mol. The predicted octanol–water partition coefficient (Wildman–Crippen LogP) is 3.85. The standard InChI is InChI=1S/C14H28O2/c1-6-12-8-14(15-9-10(3)4)16-13(7-2)11(12)5/h10-14H,6-9H2,1-5H3. The molecule has 4 unspecified atom stereocenters. The summed E-state index contributed by atoms with van der Waals surface area (Å²) in [7, 11) is 0. The molecule has 1 rings (SSSR count). The Bertz CT molecular complexity index is 177. The Balaban J connectivity index is 2.48. The van der Waals surface area contributed by atoms with Crippen LogP contribution in [-0.4, -0.2) is 19.0 Å². The van der Waals surface area contributed by atoms with E-state index >= 15 is 0 Å². The van der Waals surface area contributed by atoms with Gasteiger partial charge >= 0.3 is 0 Å². The van der Waals surface area contributed by atoms with E-state index in [0.717, 1.165) is 25.4 Å². The molecule has 1 heterocycles. The fourth-order valence-corrected chi connectivity index (χ4v) is 2.55. The third-order valence-electron chi connectivity index (χ3n) is 3.69. The van der Waals surface area contributed by atoms with Gasteiger partial charge in [-0.25, -0.2) is 0 Å². The van der Waals surface area contributed by atoms with Crippen LogP contribution in [0.3, 0.4) is 0 Å². The molecule has 16 heavy (non-hydrogen) atoms. The minimum Gasteiger partial charge on any atom is -0.352 e. The van der Waals surface area contributed by atoms with Crippen LogP contribution in [0.4, 0.5) is 0 Å². The normalized spacial score (nSPS) is 35.6. The molecule has 0 aromatic carbocycles. The lowest BCUT2D eigenvalue weighted by Crippen LogP contribution is -2.40. The second-order valence-corrected chi connectivity index (χ2v) is 5.50. The average molecular weight is 228 g/mol. The first kappa shape index (κ1) is 14.0.